The molecular weight excluding hydrogens is 460 g/mol. The Morgan fingerprint density at radius 1 is 0.882 bits per heavy atom. The van der Waals surface area contributed by atoms with Crippen molar-refractivity contribution in [3.05, 3.63) is 89.0 Å². The molecule has 182 valence electrons. The molecule has 3 rings (SSSR count). The van der Waals surface area contributed by atoms with Crippen molar-refractivity contribution < 1.29 is 36.2 Å². The predicted octanol–water partition coefficient (Wildman–Crippen LogP) is 6.09. The lowest BCUT2D eigenvalue weighted by atomic mass is 9.95. The van der Waals surface area contributed by atoms with Crippen LogP contribution < -0.4 is 0 Å². The molecule has 34 heavy (non-hydrogen) atoms. The molecule has 1 unspecified atom stereocenters. The van der Waals surface area contributed by atoms with Crippen LogP contribution in [0.4, 0.5) is 26.3 Å². The zero-order valence-electron chi connectivity index (χ0n) is 18.0. The Morgan fingerprint density at radius 2 is 1.38 bits per heavy atom. The monoisotopic (exact) mass is 483 g/mol. The summed E-state index contributed by atoms with van der Waals surface area (Å²) in [6.45, 7) is 0.348. The van der Waals surface area contributed by atoms with E-state index in [-0.39, 0.29) is 18.6 Å². The van der Waals surface area contributed by atoms with Crippen molar-refractivity contribution >= 4 is 11.5 Å². The van der Waals surface area contributed by atoms with E-state index >= 15 is 0 Å². The van der Waals surface area contributed by atoms with Crippen molar-refractivity contribution in [3.63, 3.8) is 0 Å². The van der Waals surface area contributed by atoms with Crippen molar-refractivity contribution in [1.82, 2.24) is 4.90 Å². The summed E-state index contributed by atoms with van der Waals surface area (Å²) >= 11 is 0. The molecule has 9 heteroatoms. The van der Waals surface area contributed by atoms with Gasteiger partial charge in [-0.05, 0) is 60.2 Å². The molecule has 0 saturated carbocycles. The second-order valence-electron chi connectivity index (χ2n) is 7.95. The summed E-state index contributed by atoms with van der Waals surface area (Å²) in [6, 6.07) is 8.21. The molecule has 1 fully saturated rings. The number of hydrogen-bond donors (Lipinski definition) is 1. The van der Waals surface area contributed by atoms with E-state index in [4.69, 9.17) is 0 Å². The minimum atomic E-state index is -4.53. The van der Waals surface area contributed by atoms with Crippen molar-refractivity contribution in [1.29, 1.82) is 0 Å². The highest BCUT2D eigenvalue weighted by molar-refractivity contribution is 5.89. The number of rotatable bonds is 5. The number of halogens is 6. The van der Waals surface area contributed by atoms with E-state index < -0.39 is 23.5 Å². The summed E-state index contributed by atoms with van der Waals surface area (Å²) in [7, 11) is 0. The standard InChI is InChI=1S/C25H23F6NO2/c26-24(27,28)19-11-7-17(8-12-19)22(18-9-13-20(14-10-18)25(29,30)31)5-3-6-23(34)32-15-2-1-4-21(32)16-33/h3,5-14,21,33H,1-2,4,15-16H2. The first-order chi connectivity index (χ1) is 16.0. The van der Waals surface area contributed by atoms with Gasteiger partial charge in [0.1, 0.15) is 0 Å². The topological polar surface area (TPSA) is 40.5 Å². The Labute approximate surface area is 193 Å². The van der Waals surface area contributed by atoms with Crippen LogP contribution in [0.25, 0.3) is 5.57 Å². The molecule has 1 aliphatic rings. The van der Waals surface area contributed by atoms with Crippen LogP contribution in [0.1, 0.15) is 41.5 Å². The van der Waals surface area contributed by atoms with Crippen LogP contribution in [-0.4, -0.2) is 35.1 Å². The zero-order valence-corrected chi connectivity index (χ0v) is 18.0. The number of likely N-dealkylation sites (tertiary alicyclic amines) is 1. The molecule has 0 spiro atoms. The normalized spacial score (nSPS) is 17.1. The van der Waals surface area contributed by atoms with Gasteiger partial charge in [-0.3, -0.25) is 4.79 Å². The molecule has 1 heterocycles. The van der Waals surface area contributed by atoms with E-state index in [1.54, 1.807) is 4.90 Å². The summed E-state index contributed by atoms with van der Waals surface area (Å²) in [5.41, 5.74) is -0.668. The maximum atomic E-state index is 12.9. The maximum absolute atomic E-state index is 12.9. The number of benzene rings is 2. The molecule has 1 atom stereocenters. The summed E-state index contributed by atoms with van der Waals surface area (Å²) < 4.78 is 77.6. The lowest BCUT2D eigenvalue weighted by molar-refractivity contribution is -0.138. The Balaban J connectivity index is 1.93. The number of aliphatic hydroxyl groups is 1. The highest BCUT2D eigenvalue weighted by Gasteiger charge is 2.31. The maximum Gasteiger partial charge on any atom is 0.416 e. The Bertz CT molecular complexity index is 978. The van der Waals surface area contributed by atoms with Crippen molar-refractivity contribution in [3.8, 4) is 0 Å². The molecule has 1 saturated heterocycles. The third kappa shape index (κ3) is 6.28. The molecule has 0 bridgehead atoms. The fourth-order valence-corrected chi connectivity index (χ4v) is 3.84. The van der Waals surface area contributed by atoms with Gasteiger partial charge < -0.3 is 10.0 Å². The number of nitrogens with zero attached hydrogens (tertiary/aromatic N) is 1. The molecule has 3 nitrogen and oxygen atoms in total. The molecule has 0 radical (unpaired) electrons. The second kappa shape index (κ2) is 10.5. The highest BCUT2D eigenvalue weighted by Crippen LogP contribution is 2.33. The van der Waals surface area contributed by atoms with Gasteiger partial charge in [0.05, 0.1) is 23.8 Å². The molecule has 0 aliphatic carbocycles. The predicted molar refractivity (Wildman–Crippen MR) is 116 cm³/mol. The zero-order chi connectivity index (χ0) is 24.9. The quantitative estimate of drug-likeness (QED) is 0.318. The molecule has 2 aromatic rings. The fraction of sp³-hybridized carbons (Fsp3) is 0.320. The first-order valence-corrected chi connectivity index (χ1v) is 10.7. The third-order valence-corrected chi connectivity index (χ3v) is 5.67. The summed E-state index contributed by atoms with van der Waals surface area (Å²) in [4.78, 5) is 14.1. The summed E-state index contributed by atoms with van der Waals surface area (Å²) in [6.07, 6.45) is -2.48. The van der Waals surface area contributed by atoms with Crippen molar-refractivity contribution in [2.75, 3.05) is 13.2 Å². The van der Waals surface area contributed by atoms with Crippen LogP contribution >= 0.6 is 0 Å². The van der Waals surface area contributed by atoms with Crippen molar-refractivity contribution in [2.45, 2.75) is 37.7 Å². The average molecular weight is 483 g/mol. The van der Waals surface area contributed by atoms with Crippen LogP contribution in [-0.2, 0) is 17.1 Å². The number of carbonyl (C=O) groups excluding carboxylic acids is 1. The minimum Gasteiger partial charge on any atom is -0.394 e. The Morgan fingerprint density at radius 3 is 1.82 bits per heavy atom. The van der Waals surface area contributed by atoms with Gasteiger partial charge in [-0.2, -0.15) is 26.3 Å². The van der Waals surface area contributed by atoms with E-state index in [0.29, 0.717) is 29.7 Å². The van der Waals surface area contributed by atoms with Crippen molar-refractivity contribution in [2.24, 2.45) is 0 Å². The Hall–Kier alpha value is -3.07. The Kier molecular flexibility index (Phi) is 7.86. The van der Waals surface area contributed by atoms with E-state index in [1.165, 1.54) is 42.5 Å². The third-order valence-electron chi connectivity index (χ3n) is 5.67. The van der Waals surface area contributed by atoms with Gasteiger partial charge in [0.15, 0.2) is 0 Å². The lowest BCUT2D eigenvalue weighted by Crippen LogP contribution is -2.44. The lowest BCUT2D eigenvalue weighted by Gasteiger charge is -2.33. The fourth-order valence-electron chi connectivity index (χ4n) is 3.84. The van der Waals surface area contributed by atoms with Crippen LogP contribution in [0, 0.1) is 0 Å². The molecule has 1 amide bonds. The van der Waals surface area contributed by atoms with Gasteiger partial charge in [0.2, 0.25) is 5.91 Å². The first-order valence-electron chi connectivity index (χ1n) is 10.7. The van der Waals surface area contributed by atoms with Crippen LogP contribution in [0.5, 0.6) is 0 Å². The number of amides is 1. The summed E-state index contributed by atoms with van der Waals surface area (Å²) in [5.74, 6) is -0.325. The number of allylic oxidation sites excluding steroid dienone is 2. The van der Waals surface area contributed by atoms with Gasteiger partial charge in [-0.25, -0.2) is 0 Å². The summed E-state index contributed by atoms with van der Waals surface area (Å²) in [5, 5.41) is 9.49. The smallest absolute Gasteiger partial charge is 0.394 e. The SMILES string of the molecule is O=C(C=CC=C(c1ccc(C(F)(F)F)cc1)c1ccc(C(F)(F)F)cc1)N1CCCCC1CO. The van der Waals surface area contributed by atoms with Crippen LogP contribution in [0.2, 0.25) is 0 Å². The largest absolute Gasteiger partial charge is 0.416 e. The van der Waals surface area contributed by atoms with Crippen LogP contribution in [0.15, 0.2) is 66.8 Å². The first kappa shape index (κ1) is 25.6. The van der Waals surface area contributed by atoms with Gasteiger partial charge >= 0.3 is 12.4 Å². The van der Waals surface area contributed by atoms with Gasteiger partial charge in [0.25, 0.3) is 0 Å². The molecule has 1 N–H and O–H groups in total. The number of hydrogen-bond acceptors (Lipinski definition) is 2. The second-order valence-corrected chi connectivity index (χ2v) is 7.95. The van der Waals surface area contributed by atoms with Gasteiger partial charge in [0, 0.05) is 12.6 Å². The van der Waals surface area contributed by atoms with E-state index in [2.05, 4.69) is 0 Å². The van der Waals surface area contributed by atoms with Gasteiger partial charge in [-0.15, -0.1) is 0 Å². The van der Waals surface area contributed by atoms with E-state index in [0.717, 1.165) is 37.1 Å². The average Bonchev–Trinajstić information content (AvgIpc) is 2.81. The van der Waals surface area contributed by atoms with E-state index in [1.807, 2.05) is 0 Å². The number of aliphatic hydroxyl groups excluding tert-OH is 1. The highest BCUT2D eigenvalue weighted by atomic mass is 19.4. The molecule has 0 aromatic heterocycles. The molecular formula is C25H23F6NO2. The van der Waals surface area contributed by atoms with Gasteiger partial charge in [-0.1, -0.05) is 36.4 Å². The van der Waals surface area contributed by atoms with Crippen LogP contribution in [0.3, 0.4) is 0 Å². The molecule has 2 aromatic carbocycles. The number of piperidine rings is 1. The van der Waals surface area contributed by atoms with E-state index in [9.17, 15) is 36.2 Å². The number of alkyl halides is 6. The minimum absolute atomic E-state index is 0.155. The molecule has 1 aliphatic heterocycles. The number of carbonyl (C=O) groups is 1.